The molecule has 1 atom stereocenters. The number of carboxylic acid groups (broad SMARTS) is 1. The van der Waals surface area contributed by atoms with Crippen LogP contribution >= 0.6 is 12.6 Å². The molecule has 6 nitrogen and oxygen atoms in total. The van der Waals surface area contributed by atoms with Crippen LogP contribution < -0.4 is 0 Å². The Bertz CT molecular complexity index is 402. The molecule has 0 aliphatic carbocycles. The summed E-state index contributed by atoms with van der Waals surface area (Å²) in [5.41, 5.74) is -2.23. The number of esters is 1. The van der Waals surface area contributed by atoms with Gasteiger partial charge in [0.25, 0.3) is 0 Å². The Morgan fingerprint density at radius 1 is 1.50 bits per heavy atom. The van der Waals surface area contributed by atoms with Crippen molar-refractivity contribution in [2.75, 3.05) is 12.4 Å². The number of rotatable bonds is 7. The van der Waals surface area contributed by atoms with Crippen molar-refractivity contribution in [2.45, 2.75) is 18.4 Å². The molecule has 0 amide bonds. The summed E-state index contributed by atoms with van der Waals surface area (Å²) in [6, 6.07) is 3.09. The van der Waals surface area contributed by atoms with Gasteiger partial charge in [-0.25, -0.2) is 4.79 Å². The summed E-state index contributed by atoms with van der Waals surface area (Å²) < 4.78 is 9.64. The van der Waals surface area contributed by atoms with Crippen LogP contribution in [0.15, 0.2) is 22.8 Å². The predicted octanol–water partition coefficient (Wildman–Crippen LogP) is 0.501. The van der Waals surface area contributed by atoms with Gasteiger partial charge in [-0.15, -0.1) is 0 Å². The van der Waals surface area contributed by atoms with E-state index in [9.17, 15) is 14.7 Å². The van der Waals surface area contributed by atoms with Crippen molar-refractivity contribution >= 4 is 24.6 Å². The summed E-state index contributed by atoms with van der Waals surface area (Å²) >= 11 is 3.85. The first kappa shape index (κ1) is 14.6. The number of hydrogen-bond acceptors (Lipinski definition) is 6. The summed E-state index contributed by atoms with van der Waals surface area (Å²) in [4.78, 5) is 22.4. The molecule has 0 aliphatic rings. The highest BCUT2D eigenvalue weighted by Gasteiger charge is 2.40. The van der Waals surface area contributed by atoms with E-state index in [1.165, 1.54) is 12.3 Å². The Kier molecular flexibility index (Phi) is 5.24. The van der Waals surface area contributed by atoms with E-state index in [0.717, 1.165) is 0 Å². The van der Waals surface area contributed by atoms with E-state index in [2.05, 4.69) is 17.4 Å². The minimum absolute atomic E-state index is 0.0679. The van der Waals surface area contributed by atoms with E-state index in [0.29, 0.717) is 5.75 Å². The van der Waals surface area contributed by atoms with Gasteiger partial charge >= 0.3 is 11.9 Å². The Morgan fingerprint density at radius 3 is 2.72 bits per heavy atom. The van der Waals surface area contributed by atoms with Crippen molar-refractivity contribution in [3.8, 4) is 0 Å². The smallest absolute Gasteiger partial charge is 0.336 e. The summed E-state index contributed by atoms with van der Waals surface area (Å²) in [6.45, 7) is 0.0679. The molecule has 1 unspecified atom stereocenters. The second-order valence-corrected chi connectivity index (χ2v) is 4.16. The van der Waals surface area contributed by atoms with E-state index in [1.54, 1.807) is 6.07 Å². The monoisotopic (exact) mass is 274 g/mol. The molecule has 1 heterocycles. The average molecular weight is 274 g/mol. The molecule has 0 bridgehead atoms. The number of carbonyl (C=O) groups excluding carboxylic acids is 1. The topological polar surface area (TPSA) is 97.0 Å². The number of carbonyl (C=O) groups is 2. The molecule has 7 heteroatoms. The lowest BCUT2D eigenvalue weighted by Crippen LogP contribution is -2.43. The van der Waals surface area contributed by atoms with Gasteiger partial charge in [0, 0.05) is 12.2 Å². The molecule has 2 N–H and O–H groups in total. The van der Waals surface area contributed by atoms with Gasteiger partial charge in [-0.3, -0.25) is 4.79 Å². The van der Waals surface area contributed by atoms with Crippen molar-refractivity contribution in [3.63, 3.8) is 0 Å². The summed E-state index contributed by atoms with van der Waals surface area (Å²) in [5.74, 6) is -1.68. The van der Waals surface area contributed by atoms with Crippen LogP contribution in [0.1, 0.15) is 12.2 Å². The SMILES string of the molecule is O=C(CC(O)(Cc1ccco1)C(=O)O)OCCS. The Labute approximate surface area is 109 Å². The van der Waals surface area contributed by atoms with Crippen molar-refractivity contribution in [2.24, 2.45) is 0 Å². The summed E-state index contributed by atoms with van der Waals surface area (Å²) in [5, 5.41) is 18.9. The van der Waals surface area contributed by atoms with Crippen LogP contribution in [-0.2, 0) is 20.7 Å². The molecule has 0 aromatic carbocycles. The largest absolute Gasteiger partial charge is 0.479 e. The minimum Gasteiger partial charge on any atom is -0.479 e. The molecule has 0 saturated carbocycles. The van der Waals surface area contributed by atoms with Crippen LogP contribution in [0.3, 0.4) is 0 Å². The summed E-state index contributed by atoms with van der Waals surface area (Å²) in [6.07, 6.45) is 0.416. The second kappa shape index (κ2) is 6.46. The molecule has 0 radical (unpaired) electrons. The first-order valence-corrected chi connectivity index (χ1v) is 5.86. The van der Waals surface area contributed by atoms with Crippen LogP contribution in [0.5, 0.6) is 0 Å². The Balaban J connectivity index is 2.68. The molecule has 1 aromatic rings. The molecular formula is C11H14O6S. The minimum atomic E-state index is -2.23. The van der Waals surface area contributed by atoms with Gasteiger partial charge in [-0.1, -0.05) is 0 Å². The van der Waals surface area contributed by atoms with E-state index in [4.69, 9.17) is 9.52 Å². The highest BCUT2D eigenvalue weighted by Crippen LogP contribution is 2.19. The maximum atomic E-state index is 11.3. The van der Waals surface area contributed by atoms with Crippen LogP contribution in [0.25, 0.3) is 0 Å². The highest BCUT2D eigenvalue weighted by atomic mass is 32.1. The molecule has 1 aromatic heterocycles. The molecule has 1 rings (SSSR count). The molecule has 18 heavy (non-hydrogen) atoms. The zero-order valence-corrected chi connectivity index (χ0v) is 10.4. The third kappa shape index (κ3) is 4.08. The maximum Gasteiger partial charge on any atom is 0.336 e. The van der Waals surface area contributed by atoms with Crippen molar-refractivity contribution < 1.29 is 29.0 Å². The normalized spacial score (nSPS) is 13.9. The molecule has 100 valence electrons. The van der Waals surface area contributed by atoms with Crippen LogP contribution in [-0.4, -0.2) is 40.1 Å². The van der Waals surface area contributed by atoms with E-state index in [-0.39, 0.29) is 18.8 Å². The van der Waals surface area contributed by atoms with Gasteiger partial charge in [-0.05, 0) is 12.1 Å². The van der Waals surface area contributed by atoms with E-state index >= 15 is 0 Å². The number of ether oxygens (including phenoxy) is 1. The van der Waals surface area contributed by atoms with Gasteiger partial charge in [-0.2, -0.15) is 12.6 Å². The third-order valence-corrected chi connectivity index (χ3v) is 2.42. The third-order valence-electron chi connectivity index (χ3n) is 2.24. The Morgan fingerprint density at radius 2 is 2.22 bits per heavy atom. The van der Waals surface area contributed by atoms with Gasteiger partial charge < -0.3 is 19.4 Å². The number of carboxylic acids is 1. The maximum absolute atomic E-state index is 11.3. The van der Waals surface area contributed by atoms with Crippen LogP contribution in [0.2, 0.25) is 0 Å². The summed E-state index contributed by atoms with van der Waals surface area (Å²) in [7, 11) is 0. The van der Waals surface area contributed by atoms with Gasteiger partial charge in [0.2, 0.25) is 0 Å². The van der Waals surface area contributed by atoms with Crippen LogP contribution in [0.4, 0.5) is 0 Å². The highest BCUT2D eigenvalue weighted by molar-refractivity contribution is 7.80. The zero-order chi connectivity index (χ0) is 13.6. The van der Waals surface area contributed by atoms with Crippen molar-refractivity contribution in [1.82, 2.24) is 0 Å². The second-order valence-electron chi connectivity index (χ2n) is 3.71. The number of hydrogen-bond donors (Lipinski definition) is 3. The standard InChI is InChI=1S/C11H14O6S/c12-9(17-4-5-18)7-11(15,10(13)14)6-8-2-1-3-16-8/h1-3,15,18H,4-7H2,(H,13,14). The number of thiol groups is 1. The lowest BCUT2D eigenvalue weighted by Gasteiger charge is -2.21. The Hall–Kier alpha value is -1.47. The quantitative estimate of drug-likeness (QED) is 0.495. The molecule has 0 spiro atoms. The van der Waals surface area contributed by atoms with Gasteiger partial charge in [0.1, 0.15) is 12.4 Å². The number of aliphatic carboxylic acids is 1. The van der Waals surface area contributed by atoms with Gasteiger partial charge in [0.05, 0.1) is 12.7 Å². The number of aliphatic hydroxyl groups is 1. The van der Waals surface area contributed by atoms with Crippen LogP contribution in [0, 0.1) is 0 Å². The first-order chi connectivity index (χ1) is 8.48. The van der Waals surface area contributed by atoms with Crippen molar-refractivity contribution in [3.05, 3.63) is 24.2 Å². The molecule has 0 fully saturated rings. The van der Waals surface area contributed by atoms with E-state index in [1.807, 2.05) is 0 Å². The fourth-order valence-corrected chi connectivity index (χ4v) is 1.46. The van der Waals surface area contributed by atoms with E-state index < -0.39 is 24.0 Å². The zero-order valence-electron chi connectivity index (χ0n) is 9.54. The first-order valence-electron chi connectivity index (χ1n) is 5.22. The van der Waals surface area contributed by atoms with Crippen molar-refractivity contribution in [1.29, 1.82) is 0 Å². The fraction of sp³-hybridized carbons (Fsp3) is 0.455. The average Bonchev–Trinajstić information content (AvgIpc) is 2.78. The lowest BCUT2D eigenvalue weighted by atomic mass is 9.94. The van der Waals surface area contributed by atoms with Gasteiger partial charge in [0.15, 0.2) is 5.60 Å². The number of furan rings is 1. The fourth-order valence-electron chi connectivity index (χ4n) is 1.36. The predicted molar refractivity (Wildman–Crippen MR) is 64.4 cm³/mol. The lowest BCUT2D eigenvalue weighted by molar-refractivity contribution is -0.167. The molecule has 0 aliphatic heterocycles. The molecular weight excluding hydrogens is 260 g/mol. The molecule has 0 saturated heterocycles.